The Morgan fingerprint density at radius 3 is 2.70 bits per heavy atom. The first-order valence-corrected chi connectivity index (χ1v) is 9.03. The Labute approximate surface area is 128 Å². The van der Waals surface area contributed by atoms with Gasteiger partial charge in [0.15, 0.2) is 0 Å². The van der Waals surface area contributed by atoms with Crippen LogP contribution < -0.4 is 5.32 Å². The minimum Gasteiger partial charge on any atom is -0.303 e. The van der Waals surface area contributed by atoms with Gasteiger partial charge in [-0.3, -0.25) is 0 Å². The van der Waals surface area contributed by atoms with Crippen LogP contribution in [0, 0.1) is 12.8 Å². The van der Waals surface area contributed by atoms with Gasteiger partial charge in [0.05, 0.1) is 11.2 Å². The van der Waals surface area contributed by atoms with Crippen LogP contribution in [0.5, 0.6) is 0 Å². The van der Waals surface area contributed by atoms with Crippen molar-refractivity contribution in [3.63, 3.8) is 0 Å². The van der Waals surface area contributed by atoms with Crippen molar-refractivity contribution in [2.45, 2.75) is 84.7 Å². The Bertz CT molecular complexity index is 438. The van der Waals surface area contributed by atoms with Crippen LogP contribution in [-0.2, 0) is 12.0 Å². The monoisotopic (exact) mass is 294 g/mol. The molecule has 1 fully saturated rings. The summed E-state index contributed by atoms with van der Waals surface area (Å²) in [5, 5.41) is 5.23. The maximum absolute atomic E-state index is 5.00. The first-order valence-electron chi connectivity index (χ1n) is 8.21. The van der Waals surface area contributed by atoms with Gasteiger partial charge in [-0.15, -0.1) is 11.3 Å². The van der Waals surface area contributed by atoms with Crippen molar-refractivity contribution in [2.24, 2.45) is 5.92 Å². The number of hydrogen-bond donors (Lipinski definition) is 1. The number of aryl methyl sites for hydroxylation is 2. The van der Waals surface area contributed by atoms with Crippen molar-refractivity contribution >= 4 is 11.3 Å². The molecule has 0 aromatic carbocycles. The summed E-state index contributed by atoms with van der Waals surface area (Å²) in [6.07, 6.45) is 7.54. The van der Waals surface area contributed by atoms with E-state index >= 15 is 0 Å². The van der Waals surface area contributed by atoms with Crippen molar-refractivity contribution in [1.82, 2.24) is 10.3 Å². The number of nitrogens with one attached hydrogen (secondary N) is 1. The average molecular weight is 295 g/mol. The molecule has 0 amide bonds. The van der Waals surface area contributed by atoms with Gasteiger partial charge in [-0.05, 0) is 52.4 Å². The third kappa shape index (κ3) is 3.43. The lowest BCUT2D eigenvalue weighted by Gasteiger charge is -2.34. The van der Waals surface area contributed by atoms with Crippen LogP contribution in [0.1, 0.15) is 75.4 Å². The summed E-state index contributed by atoms with van der Waals surface area (Å²) in [5.74, 6) is 0.859. The first-order chi connectivity index (χ1) is 9.47. The van der Waals surface area contributed by atoms with Crippen molar-refractivity contribution in [3.8, 4) is 0 Å². The molecule has 0 bridgehead atoms. The van der Waals surface area contributed by atoms with E-state index in [-0.39, 0.29) is 5.54 Å². The Hall–Kier alpha value is -0.410. The zero-order chi connectivity index (χ0) is 14.8. The van der Waals surface area contributed by atoms with Crippen LogP contribution in [-0.4, -0.2) is 11.0 Å². The molecule has 2 unspecified atom stereocenters. The maximum Gasteiger partial charge on any atom is 0.113 e. The summed E-state index contributed by atoms with van der Waals surface area (Å²) in [7, 11) is 0. The van der Waals surface area contributed by atoms with E-state index in [0.717, 1.165) is 12.3 Å². The molecule has 1 aromatic rings. The summed E-state index contributed by atoms with van der Waals surface area (Å²) in [5.41, 5.74) is 1.43. The minimum atomic E-state index is 0.127. The Kier molecular flexibility index (Phi) is 5.25. The molecule has 1 N–H and O–H groups in total. The van der Waals surface area contributed by atoms with Crippen LogP contribution in [0.25, 0.3) is 0 Å². The molecule has 20 heavy (non-hydrogen) atoms. The van der Waals surface area contributed by atoms with Crippen LogP contribution in [0.15, 0.2) is 0 Å². The SMILES string of the molecule is CCc1nc(C2(NC(C)C)CCCC(C)CC2)sc1C. The van der Waals surface area contributed by atoms with Gasteiger partial charge in [-0.2, -0.15) is 0 Å². The summed E-state index contributed by atoms with van der Waals surface area (Å²) in [6, 6.07) is 0.512. The van der Waals surface area contributed by atoms with Gasteiger partial charge in [0.2, 0.25) is 0 Å². The highest BCUT2D eigenvalue weighted by atomic mass is 32.1. The smallest absolute Gasteiger partial charge is 0.113 e. The molecular weight excluding hydrogens is 264 g/mol. The summed E-state index contributed by atoms with van der Waals surface area (Å²) < 4.78 is 0. The molecule has 0 spiro atoms. The van der Waals surface area contributed by atoms with E-state index < -0.39 is 0 Å². The highest BCUT2D eigenvalue weighted by Crippen LogP contribution is 2.40. The molecule has 1 aromatic heterocycles. The van der Waals surface area contributed by atoms with Gasteiger partial charge in [-0.25, -0.2) is 4.98 Å². The topological polar surface area (TPSA) is 24.9 Å². The molecule has 1 saturated carbocycles. The second kappa shape index (κ2) is 6.57. The van der Waals surface area contributed by atoms with Gasteiger partial charge in [0.25, 0.3) is 0 Å². The molecule has 1 aliphatic rings. The van der Waals surface area contributed by atoms with E-state index in [1.165, 1.54) is 47.7 Å². The number of thiazole rings is 1. The highest BCUT2D eigenvalue weighted by Gasteiger charge is 2.37. The highest BCUT2D eigenvalue weighted by molar-refractivity contribution is 7.11. The molecule has 1 aliphatic carbocycles. The maximum atomic E-state index is 5.00. The molecule has 0 radical (unpaired) electrons. The fourth-order valence-corrected chi connectivity index (χ4v) is 4.66. The van der Waals surface area contributed by atoms with E-state index in [0.29, 0.717) is 6.04 Å². The fourth-order valence-electron chi connectivity index (χ4n) is 3.45. The second-order valence-electron chi connectivity index (χ2n) is 6.79. The van der Waals surface area contributed by atoms with E-state index in [4.69, 9.17) is 4.98 Å². The quantitative estimate of drug-likeness (QED) is 0.806. The Balaban J connectivity index is 2.34. The van der Waals surface area contributed by atoms with Gasteiger partial charge in [0.1, 0.15) is 5.01 Å². The Morgan fingerprint density at radius 1 is 1.35 bits per heavy atom. The van der Waals surface area contributed by atoms with Crippen LogP contribution in [0.2, 0.25) is 0 Å². The molecule has 2 atom stereocenters. The van der Waals surface area contributed by atoms with Gasteiger partial charge in [-0.1, -0.05) is 26.7 Å². The molecule has 1 heterocycles. The van der Waals surface area contributed by atoms with Crippen molar-refractivity contribution in [3.05, 3.63) is 15.6 Å². The predicted molar refractivity (Wildman–Crippen MR) is 88.4 cm³/mol. The van der Waals surface area contributed by atoms with E-state index in [2.05, 4.69) is 39.9 Å². The molecule has 2 rings (SSSR count). The lowest BCUT2D eigenvalue weighted by atomic mass is 9.89. The van der Waals surface area contributed by atoms with Crippen LogP contribution in [0.4, 0.5) is 0 Å². The molecule has 0 saturated heterocycles. The third-order valence-electron chi connectivity index (χ3n) is 4.57. The van der Waals surface area contributed by atoms with Crippen LogP contribution in [0.3, 0.4) is 0 Å². The number of rotatable bonds is 4. The summed E-state index contributed by atoms with van der Waals surface area (Å²) >= 11 is 1.92. The third-order valence-corrected chi connectivity index (χ3v) is 5.78. The van der Waals surface area contributed by atoms with Gasteiger partial charge < -0.3 is 5.32 Å². The van der Waals surface area contributed by atoms with E-state index in [1.807, 2.05) is 11.3 Å². The Morgan fingerprint density at radius 2 is 2.10 bits per heavy atom. The first kappa shape index (κ1) is 16.0. The van der Waals surface area contributed by atoms with E-state index in [9.17, 15) is 0 Å². The standard InChI is InChI=1S/C17H30N2S/c1-6-15-14(5)20-16(18-15)17(19-12(2)3)10-7-8-13(4)9-11-17/h12-13,19H,6-11H2,1-5H3. The lowest BCUT2D eigenvalue weighted by molar-refractivity contribution is 0.263. The largest absolute Gasteiger partial charge is 0.303 e. The molecule has 0 aliphatic heterocycles. The van der Waals surface area contributed by atoms with Crippen molar-refractivity contribution in [1.29, 1.82) is 0 Å². The van der Waals surface area contributed by atoms with Crippen molar-refractivity contribution in [2.75, 3.05) is 0 Å². The lowest BCUT2D eigenvalue weighted by Crippen LogP contribution is -2.45. The van der Waals surface area contributed by atoms with E-state index in [1.54, 1.807) is 0 Å². The van der Waals surface area contributed by atoms with Gasteiger partial charge >= 0.3 is 0 Å². The molecule has 114 valence electrons. The number of aromatic nitrogens is 1. The molecule has 2 nitrogen and oxygen atoms in total. The summed E-state index contributed by atoms with van der Waals surface area (Å²) in [6.45, 7) is 11.4. The normalized spacial score (nSPS) is 27.8. The predicted octanol–water partition coefficient (Wildman–Crippen LogP) is 4.81. The second-order valence-corrected chi connectivity index (χ2v) is 8.00. The molecular formula is C17H30N2S. The van der Waals surface area contributed by atoms with Gasteiger partial charge in [0, 0.05) is 10.9 Å². The number of hydrogen-bond acceptors (Lipinski definition) is 3. The molecule has 3 heteroatoms. The average Bonchev–Trinajstić information content (AvgIpc) is 2.67. The zero-order valence-corrected chi connectivity index (χ0v) is 14.6. The number of nitrogens with zero attached hydrogens (tertiary/aromatic N) is 1. The fraction of sp³-hybridized carbons (Fsp3) is 0.824. The van der Waals surface area contributed by atoms with Crippen molar-refractivity contribution < 1.29 is 0 Å². The van der Waals surface area contributed by atoms with Crippen LogP contribution >= 0.6 is 11.3 Å². The minimum absolute atomic E-state index is 0.127. The summed E-state index contributed by atoms with van der Waals surface area (Å²) in [4.78, 5) is 6.41. The zero-order valence-electron chi connectivity index (χ0n) is 13.8.